The van der Waals surface area contributed by atoms with Crippen molar-refractivity contribution in [3.8, 4) is 5.75 Å². The van der Waals surface area contributed by atoms with E-state index in [-0.39, 0.29) is 30.8 Å². The van der Waals surface area contributed by atoms with Crippen molar-refractivity contribution >= 4 is 54.1 Å². The van der Waals surface area contributed by atoms with Crippen LogP contribution in [0.15, 0.2) is 24.3 Å². The van der Waals surface area contributed by atoms with Crippen LogP contribution in [0.25, 0.3) is 0 Å². The van der Waals surface area contributed by atoms with Crippen LogP contribution in [0, 0.1) is 0 Å². The maximum Gasteiger partial charge on any atom is 0.326 e. The first-order valence-corrected chi connectivity index (χ1v) is 13.0. The van der Waals surface area contributed by atoms with Gasteiger partial charge in [-0.15, -0.1) is 0 Å². The van der Waals surface area contributed by atoms with Gasteiger partial charge in [0.2, 0.25) is 17.7 Å². The third kappa shape index (κ3) is 11.2. The standard InChI is InChI=1S/C22H32N4O8S2/c1-36-9-8-16(22(33)34)25-21(32)17(11-35)26-20(31)15(6-7-18(28)29)24-19(30)14(23)10-12-2-4-13(27)5-3-12/h2-5,14-17,27,35H,6-11,23H2,1H3,(H,24,30)(H,25,32)(H,26,31)(H,28,29)(H,33,34). The van der Waals surface area contributed by atoms with Gasteiger partial charge in [0.25, 0.3) is 0 Å². The number of nitrogens with two attached hydrogens (primary N) is 1. The van der Waals surface area contributed by atoms with Crippen LogP contribution in [-0.2, 0) is 30.4 Å². The molecule has 14 heteroatoms. The van der Waals surface area contributed by atoms with Gasteiger partial charge < -0.3 is 37.0 Å². The Labute approximate surface area is 218 Å². The van der Waals surface area contributed by atoms with E-state index in [2.05, 4.69) is 28.6 Å². The Hall–Kier alpha value is -2.97. The van der Waals surface area contributed by atoms with E-state index in [1.165, 1.54) is 23.9 Å². The quantitative estimate of drug-likeness (QED) is 0.123. The second kappa shape index (κ2) is 15.9. The van der Waals surface area contributed by atoms with Crippen LogP contribution >= 0.6 is 24.4 Å². The molecular formula is C22H32N4O8S2. The molecule has 0 saturated heterocycles. The molecule has 8 N–H and O–H groups in total. The van der Waals surface area contributed by atoms with E-state index >= 15 is 0 Å². The molecule has 0 fully saturated rings. The molecule has 1 aromatic carbocycles. The van der Waals surface area contributed by atoms with E-state index in [1.54, 1.807) is 18.4 Å². The molecular weight excluding hydrogens is 512 g/mol. The monoisotopic (exact) mass is 544 g/mol. The molecule has 0 heterocycles. The number of phenols is 1. The number of amides is 3. The van der Waals surface area contributed by atoms with Crippen molar-refractivity contribution in [3.05, 3.63) is 29.8 Å². The molecule has 0 aliphatic heterocycles. The van der Waals surface area contributed by atoms with Gasteiger partial charge >= 0.3 is 11.9 Å². The fourth-order valence-corrected chi connectivity index (χ4v) is 3.75. The maximum atomic E-state index is 12.9. The van der Waals surface area contributed by atoms with Crippen LogP contribution in [0.2, 0.25) is 0 Å². The molecule has 4 unspecified atom stereocenters. The number of carboxylic acids is 2. The van der Waals surface area contributed by atoms with Crippen LogP contribution < -0.4 is 21.7 Å². The van der Waals surface area contributed by atoms with Gasteiger partial charge in [-0.05, 0) is 49.0 Å². The molecule has 1 rings (SSSR count). The Morgan fingerprint density at radius 1 is 0.917 bits per heavy atom. The molecule has 0 aliphatic rings. The lowest BCUT2D eigenvalue weighted by Gasteiger charge is -2.24. The average Bonchev–Trinajstić information content (AvgIpc) is 2.83. The Morgan fingerprint density at radius 2 is 1.47 bits per heavy atom. The van der Waals surface area contributed by atoms with Crippen LogP contribution in [0.5, 0.6) is 5.75 Å². The summed E-state index contributed by atoms with van der Waals surface area (Å²) in [5, 5.41) is 34.8. The summed E-state index contributed by atoms with van der Waals surface area (Å²) < 4.78 is 0. The van der Waals surface area contributed by atoms with Crippen molar-refractivity contribution in [1.29, 1.82) is 0 Å². The van der Waals surface area contributed by atoms with Crippen LogP contribution in [-0.4, -0.2) is 86.9 Å². The summed E-state index contributed by atoms with van der Waals surface area (Å²) >= 11 is 5.46. The summed E-state index contributed by atoms with van der Waals surface area (Å²) in [5.74, 6) is -4.40. The smallest absolute Gasteiger partial charge is 0.326 e. The molecule has 0 spiro atoms. The summed E-state index contributed by atoms with van der Waals surface area (Å²) in [6.07, 6.45) is 1.34. The highest BCUT2D eigenvalue weighted by Gasteiger charge is 2.30. The van der Waals surface area contributed by atoms with E-state index < -0.39 is 60.2 Å². The zero-order chi connectivity index (χ0) is 27.3. The highest BCUT2D eigenvalue weighted by atomic mass is 32.2. The molecule has 0 radical (unpaired) electrons. The highest BCUT2D eigenvalue weighted by molar-refractivity contribution is 7.98. The summed E-state index contributed by atoms with van der Waals surface area (Å²) in [5.41, 5.74) is 6.59. The van der Waals surface area contributed by atoms with Crippen molar-refractivity contribution in [1.82, 2.24) is 16.0 Å². The number of nitrogens with one attached hydrogen (secondary N) is 3. The van der Waals surface area contributed by atoms with E-state index in [4.69, 9.17) is 10.8 Å². The summed E-state index contributed by atoms with van der Waals surface area (Å²) in [6, 6.07) is 1.24. The molecule has 0 bridgehead atoms. The largest absolute Gasteiger partial charge is 0.508 e. The molecule has 1 aromatic rings. The molecule has 4 atom stereocenters. The Balaban J connectivity index is 2.87. The van der Waals surface area contributed by atoms with Crippen molar-refractivity contribution in [3.63, 3.8) is 0 Å². The third-order valence-corrected chi connectivity index (χ3v) is 6.06. The van der Waals surface area contributed by atoms with Gasteiger partial charge in [-0.25, -0.2) is 4.79 Å². The van der Waals surface area contributed by atoms with E-state index in [1.807, 2.05) is 0 Å². The lowest BCUT2D eigenvalue weighted by molar-refractivity contribution is -0.142. The van der Waals surface area contributed by atoms with E-state index in [0.717, 1.165) is 0 Å². The lowest BCUT2D eigenvalue weighted by atomic mass is 10.0. The number of carbonyl (C=O) groups is 5. The number of carboxylic acid groups (broad SMARTS) is 2. The first-order chi connectivity index (χ1) is 17.0. The molecule has 0 aliphatic carbocycles. The molecule has 12 nitrogen and oxygen atoms in total. The zero-order valence-corrected chi connectivity index (χ0v) is 21.4. The first kappa shape index (κ1) is 31.1. The van der Waals surface area contributed by atoms with Gasteiger partial charge in [0.1, 0.15) is 23.9 Å². The Kier molecular flexibility index (Phi) is 13.7. The van der Waals surface area contributed by atoms with Gasteiger partial charge in [-0.2, -0.15) is 24.4 Å². The van der Waals surface area contributed by atoms with Gasteiger partial charge in [-0.3, -0.25) is 19.2 Å². The SMILES string of the molecule is CSCCC(NC(=O)C(CS)NC(=O)C(CCC(=O)O)NC(=O)C(N)Cc1ccc(O)cc1)C(=O)O. The predicted molar refractivity (Wildman–Crippen MR) is 137 cm³/mol. The Bertz CT molecular complexity index is 916. The number of phenolic OH excluding ortho intramolecular Hbond substituents is 1. The van der Waals surface area contributed by atoms with Crippen molar-refractivity contribution < 1.29 is 39.3 Å². The van der Waals surface area contributed by atoms with E-state index in [9.17, 15) is 34.2 Å². The fourth-order valence-electron chi connectivity index (χ4n) is 3.03. The zero-order valence-electron chi connectivity index (χ0n) is 19.7. The first-order valence-electron chi connectivity index (χ1n) is 11.0. The van der Waals surface area contributed by atoms with Crippen molar-refractivity contribution in [2.24, 2.45) is 5.73 Å². The second-order valence-electron chi connectivity index (χ2n) is 7.90. The summed E-state index contributed by atoms with van der Waals surface area (Å²) in [4.78, 5) is 60.5. The van der Waals surface area contributed by atoms with Crippen LogP contribution in [0.3, 0.4) is 0 Å². The number of thioether (sulfide) groups is 1. The number of hydrogen-bond acceptors (Lipinski definition) is 9. The number of benzene rings is 1. The second-order valence-corrected chi connectivity index (χ2v) is 9.25. The van der Waals surface area contributed by atoms with Crippen molar-refractivity contribution in [2.45, 2.75) is 49.9 Å². The summed E-state index contributed by atoms with van der Waals surface area (Å²) in [7, 11) is 0. The number of thiol groups is 1. The predicted octanol–water partition coefficient (Wildman–Crippen LogP) is -0.651. The average molecular weight is 545 g/mol. The third-order valence-electron chi connectivity index (χ3n) is 5.05. The van der Waals surface area contributed by atoms with Gasteiger partial charge in [0.05, 0.1) is 6.04 Å². The molecule has 200 valence electrons. The minimum atomic E-state index is -1.32. The molecule has 0 saturated carbocycles. The number of rotatable bonds is 16. The normalized spacial score (nSPS) is 14.1. The maximum absolute atomic E-state index is 12.9. The number of aliphatic carboxylic acids is 2. The number of hydrogen-bond donors (Lipinski definition) is 8. The highest BCUT2D eigenvalue weighted by Crippen LogP contribution is 2.11. The van der Waals surface area contributed by atoms with Gasteiger partial charge in [0.15, 0.2) is 0 Å². The number of aromatic hydroxyl groups is 1. The van der Waals surface area contributed by atoms with Crippen LogP contribution in [0.1, 0.15) is 24.8 Å². The minimum Gasteiger partial charge on any atom is -0.508 e. The fraction of sp³-hybridized carbons (Fsp3) is 0.500. The topological polar surface area (TPSA) is 208 Å². The molecule has 0 aromatic heterocycles. The molecule has 36 heavy (non-hydrogen) atoms. The summed E-state index contributed by atoms with van der Waals surface area (Å²) in [6.45, 7) is 0. The minimum absolute atomic E-state index is 0.0453. The van der Waals surface area contributed by atoms with Gasteiger partial charge in [0, 0.05) is 12.2 Å². The van der Waals surface area contributed by atoms with Crippen molar-refractivity contribution in [2.75, 3.05) is 17.8 Å². The van der Waals surface area contributed by atoms with E-state index in [0.29, 0.717) is 11.3 Å². The van der Waals surface area contributed by atoms with Gasteiger partial charge in [-0.1, -0.05) is 12.1 Å². The lowest BCUT2D eigenvalue weighted by Crippen LogP contribution is -2.57. The van der Waals surface area contributed by atoms with Crippen LogP contribution in [0.4, 0.5) is 0 Å². The molecule has 3 amide bonds. The number of carbonyl (C=O) groups excluding carboxylic acids is 3. The Morgan fingerprint density at radius 3 is 2.00 bits per heavy atom.